The molecule has 17 heavy (non-hydrogen) atoms. The molecule has 90 valence electrons. The fraction of sp³-hybridized carbons (Fsp3) is 0.333. The van der Waals surface area contributed by atoms with Gasteiger partial charge < -0.3 is 5.32 Å². The number of rotatable bonds is 5. The summed E-state index contributed by atoms with van der Waals surface area (Å²) in [6, 6.07) is 6.20. The van der Waals surface area contributed by atoms with E-state index in [4.69, 9.17) is 0 Å². The molecule has 0 saturated heterocycles. The predicted molar refractivity (Wildman–Crippen MR) is 74.2 cm³/mol. The maximum atomic E-state index is 4.34. The first kappa shape index (κ1) is 12.7. The summed E-state index contributed by atoms with van der Waals surface area (Å²) in [5, 5.41) is 3.39. The number of halogens is 1. The summed E-state index contributed by atoms with van der Waals surface area (Å²) in [6.45, 7) is 3.68. The van der Waals surface area contributed by atoms with E-state index in [9.17, 15) is 0 Å². The van der Waals surface area contributed by atoms with Crippen LogP contribution < -0.4 is 5.32 Å². The lowest BCUT2D eigenvalue weighted by molar-refractivity contribution is 0.674. The van der Waals surface area contributed by atoms with Crippen LogP contribution in [0.3, 0.4) is 0 Å². The summed E-state index contributed by atoms with van der Waals surface area (Å²) in [4.78, 5) is 9.81. The molecule has 2 rings (SSSR count). The second-order valence-electron chi connectivity index (χ2n) is 3.73. The third kappa shape index (κ3) is 4.18. The van der Waals surface area contributed by atoms with Gasteiger partial charge in [-0.1, -0.05) is 0 Å². The SMILES string of the molecule is Cc1nccc(CNCCc2ccc(Br)s2)n1. The molecule has 0 aliphatic rings. The maximum absolute atomic E-state index is 4.34. The zero-order valence-corrected chi connectivity index (χ0v) is 12.0. The molecule has 0 spiro atoms. The Morgan fingerprint density at radius 1 is 1.35 bits per heavy atom. The maximum Gasteiger partial charge on any atom is 0.125 e. The number of thiophene rings is 1. The monoisotopic (exact) mass is 311 g/mol. The smallest absolute Gasteiger partial charge is 0.125 e. The molecule has 2 aromatic heterocycles. The van der Waals surface area contributed by atoms with Gasteiger partial charge in [0.25, 0.3) is 0 Å². The second-order valence-corrected chi connectivity index (χ2v) is 6.28. The molecule has 0 aromatic carbocycles. The highest BCUT2D eigenvalue weighted by Crippen LogP contribution is 2.21. The van der Waals surface area contributed by atoms with Gasteiger partial charge in [0.15, 0.2) is 0 Å². The number of nitrogens with zero attached hydrogens (tertiary/aromatic N) is 2. The normalized spacial score (nSPS) is 10.7. The average molecular weight is 312 g/mol. The first-order valence-electron chi connectivity index (χ1n) is 5.47. The highest BCUT2D eigenvalue weighted by atomic mass is 79.9. The third-order valence-electron chi connectivity index (χ3n) is 2.32. The van der Waals surface area contributed by atoms with Gasteiger partial charge in [0.1, 0.15) is 5.82 Å². The van der Waals surface area contributed by atoms with Crippen LogP contribution in [0.2, 0.25) is 0 Å². The molecular formula is C12H14BrN3S. The van der Waals surface area contributed by atoms with E-state index in [0.717, 1.165) is 31.0 Å². The van der Waals surface area contributed by atoms with Gasteiger partial charge in [0.05, 0.1) is 9.48 Å². The highest BCUT2D eigenvalue weighted by molar-refractivity contribution is 9.11. The van der Waals surface area contributed by atoms with E-state index < -0.39 is 0 Å². The molecule has 0 radical (unpaired) electrons. The van der Waals surface area contributed by atoms with Gasteiger partial charge in [-0.25, -0.2) is 9.97 Å². The minimum absolute atomic E-state index is 0.801. The number of aromatic nitrogens is 2. The molecular weight excluding hydrogens is 298 g/mol. The van der Waals surface area contributed by atoms with Gasteiger partial charge >= 0.3 is 0 Å². The van der Waals surface area contributed by atoms with Crippen LogP contribution in [0.5, 0.6) is 0 Å². The van der Waals surface area contributed by atoms with Gasteiger partial charge in [-0.05, 0) is 47.5 Å². The zero-order valence-electron chi connectivity index (χ0n) is 9.61. The van der Waals surface area contributed by atoms with Crippen molar-refractivity contribution >= 4 is 27.3 Å². The Morgan fingerprint density at radius 3 is 2.94 bits per heavy atom. The van der Waals surface area contributed by atoms with Gasteiger partial charge in [-0.15, -0.1) is 11.3 Å². The van der Waals surface area contributed by atoms with E-state index in [-0.39, 0.29) is 0 Å². The Morgan fingerprint density at radius 2 is 2.24 bits per heavy atom. The fourth-order valence-electron chi connectivity index (χ4n) is 1.52. The Bertz CT molecular complexity index is 484. The van der Waals surface area contributed by atoms with Crippen LogP contribution in [-0.2, 0) is 13.0 Å². The topological polar surface area (TPSA) is 37.8 Å². The Hall–Kier alpha value is -0.780. The van der Waals surface area contributed by atoms with Crippen molar-refractivity contribution in [1.82, 2.24) is 15.3 Å². The van der Waals surface area contributed by atoms with Crippen molar-refractivity contribution < 1.29 is 0 Å². The molecule has 0 aliphatic carbocycles. The van der Waals surface area contributed by atoms with Gasteiger partial charge in [0.2, 0.25) is 0 Å². The molecule has 3 nitrogen and oxygen atoms in total. The third-order valence-corrected chi connectivity index (χ3v) is 4.00. The second kappa shape index (κ2) is 6.23. The molecule has 0 unspecified atom stereocenters. The number of nitrogens with one attached hydrogen (secondary N) is 1. The van der Waals surface area contributed by atoms with E-state index in [1.54, 1.807) is 17.5 Å². The van der Waals surface area contributed by atoms with Gasteiger partial charge in [-0.3, -0.25) is 0 Å². The largest absolute Gasteiger partial charge is 0.311 e. The van der Waals surface area contributed by atoms with Crippen LogP contribution >= 0.6 is 27.3 Å². The zero-order chi connectivity index (χ0) is 12.1. The van der Waals surface area contributed by atoms with Crippen LogP contribution in [-0.4, -0.2) is 16.5 Å². The summed E-state index contributed by atoms with van der Waals surface area (Å²) in [5.41, 5.74) is 1.05. The predicted octanol–water partition coefficient (Wildman–Crippen LogP) is 2.94. The van der Waals surface area contributed by atoms with Crippen LogP contribution in [0.25, 0.3) is 0 Å². The van der Waals surface area contributed by atoms with E-state index in [1.165, 1.54) is 8.66 Å². The van der Waals surface area contributed by atoms with Crippen molar-refractivity contribution in [3.63, 3.8) is 0 Å². The van der Waals surface area contributed by atoms with Crippen molar-refractivity contribution in [3.8, 4) is 0 Å². The van der Waals surface area contributed by atoms with Crippen molar-refractivity contribution in [2.45, 2.75) is 19.9 Å². The number of aryl methyl sites for hydroxylation is 1. The highest BCUT2D eigenvalue weighted by Gasteiger charge is 1.98. The van der Waals surface area contributed by atoms with Crippen LogP contribution in [0, 0.1) is 6.92 Å². The lowest BCUT2D eigenvalue weighted by atomic mass is 10.3. The summed E-state index contributed by atoms with van der Waals surface area (Å²) < 4.78 is 1.19. The molecule has 0 fully saturated rings. The van der Waals surface area contributed by atoms with Crippen LogP contribution in [0.15, 0.2) is 28.2 Å². The molecule has 0 amide bonds. The fourth-order valence-corrected chi connectivity index (χ4v) is 3.00. The summed E-state index contributed by atoms with van der Waals surface area (Å²) in [5.74, 6) is 0.825. The minimum atomic E-state index is 0.801. The van der Waals surface area contributed by atoms with Gasteiger partial charge in [0, 0.05) is 24.2 Å². The molecule has 1 N–H and O–H groups in total. The first-order valence-corrected chi connectivity index (χ1v) is 7.08. The van der Waals surface area contributed by atoms with Crippen molar-refractivity contribution in [2.75, 3.05) is 6.54 Å². The average Bonchev–Trinajstić information content (AvgIpc) is 2.71. The Balaban J connectivity index is 1.73. The lowest BCUT2D eigenvalue weighted by Crippen LogP contribution is -2.17. The van der Waals surface area contributed by atoms with Gasteiger partial charge in [-0.2, -0.15) is 0 Å². The molecule has 5 heteroatoms. The number of hydrogen-bond donors (Lipinski definition) is 1. The molecule has 0 aliphatic heterocycles. The number of hydrogen-bond acceptors (Lipinski definition) is 4. The quantitative estimate of drug-likeness (QED) is 0.863. The molecule has 0 saturated carbocycles. The minimum Gasteiger partial charge on any atom is -0.311 e. The summed E-state index contributed by atoms with van der Waals surface area (Å²) >= 11 is 5.25. The van der Waals surface area contributed by atoms with E-state index >= 15 is 0 Å². The molecule has 0 bridgehead atoms. The molecule has 0 atom stereocenters. The first-order chi connectivity index (χ1) is 8.24. The summed E-state index contributed by atoms with van der Waals surface area (Å²) in [7, 11) is 0. The van der Waals surface area contributed by atoms with E-state index in [0.29, 0.717) is 0 Å². The van der Waals surface area contributed by atoms with E-state index in [1.807, 2.05) is 13.0 Å². The lowest BCUT2D eigenvalue weighted by Gasteiger charge is -2.03. The standard InChI is InChI=1S/C12H14BrN3S/c1-9-15-7-4-10(16-9)8-14-6-5-11-2-3-12(13)17-11/h2-4,7,14H,5-6,8H2,1H3. The van der Waals surface area contributed by atoms with Crippen molar-refractivity contribution in [1.29, 1.82) is 0 Å². The Labute approximate surface area is 113 Å². The Kier molecular flexibility index (Phi) is 4.65. The van der Waals surface area contributed by atoms with Crippen molar-refractivity contribution in [2.24, 2.45) is 0 Å². The van der Waals surface area contributed by atoms with Crippen molar-refractivity contribution in [3.05, 3.63) is 44.6 Å². The van der Waals surface area contributed by atoms with E-state index in [2.05, 4.69) is 43.3 Å². The molecule has 2 heterocycles. The van der Waals surface area contributed by atoms with Crippen LogP contribution in [0.4, 0.5) is 0 Å². The summed E-state index contributed by atoms with van der Waals surface area (Å²) in [6.07, 6.45) is 2.86. The van der Waals surface area contributed by atoms with Crippen LogP contribution in [0.1, 0.15) is 16.4 Å². The molecule has 2 aromatic rings.